The van der Waals surface area contributed by atoms with Crippen LogP contribution in [0.4, 0.5) is 5.69 Å². The number of anilines is 1. The number of rotatable bonds is 5. The average molecular weight is 332 g/mol. The fraction of sp³-hybridized carbons (Fsp3) is 0.412. The summed E-state index contributed by atoms with van der Waals surface area (Å²) in [6.45, 7) is 3.96. The van der Waals surface area contributed by atoms with E-state index >= 15 is 0 Å². The molecule has 1 N–H and O–H groups in total. The van der Waals surface area contributed by atoms with E-state index in [2.05, 4.69) is 29.4 Å². The fourth-order valence-corrected chi connectivity index (χ4v) is 3.09. The van der Waals surface area contributed by atoms with Gasteiger partial charge in [0.2, 0.25) is 0 Å². The maximum Gasteiger partial charge on any atom is 0.160 e. The largest absolute Gasteiger partial charge is 0.384 e. The number of nitrogens with zero attached hydrogens (tertiary/aromatic N) is 4. The fourth-order valence-electron chi connectivity index (χ4n) is 2.91. The Labute approximate surface area is 141 Å². The molecule has 2 aromatic heterocycles. The van der Waals surface area contributed by atoms with Crippen LogP contribution in [0.2, 0.25) is 5.02 Å². The Kier molecular flexibility index (Phi) is 4.41. The third-order valence-electron chi connectivity index (χ3n) is 3.98. The molecule has 0 fully saturated rings. The lowest BCUT2D eigenvalue weighted by Gasteiger charge is -2.14. The Bertz CT molecular complexity index is 853. The number of nitrogens with one attached hydrogen (secondary N) is 1. The zero-order valence-electron chi connectivity index (χ0n) is 14.0. The van der Waals surface area contributed by atoms with Crippen LogP contribution < -0.4 is 5.32 Å². The number of hydrogen-bond donors (Lipinski definition) is 1. The van der Waals surface area contributed by atoms with E-state index in [0.717, 1.165) is 57.9 Å². The molecular weight excluding hydrogens is 310 g/mol. The first kappa shape index (κ1) is 16.0. The van der Waals surface area contributed by atoms with Gasteiger partial charge in [0.25, 0.3) is 0 Å². The first-order chi connectivity index (χ1) is 11.0. The quantitative estimate of drug-likeness (QED) is 0.727. The van der Waals surface area contributed by atoms with Crippen molar-refractivity contribution < 1.29 is 0 Å². The lowest BCUT2D eigenvalue weighted by atomic mass is 10.1. The molecule has 3 rings (SSSR count). The lowest BCUT2D eigenvalue weighted by Crippen LogP contribution is -2.16. The Morgan fingerprint density at radius 3 is 2.83 bits per heavy atom. The van der Waals surface area contributed by atoms with Crippen LogP contribution in [0, 0.1) is 6.92 Å². The van der Waals surface area contributed by atoms with Gasteiger partial charge >= 0.3 is 0 Å². The van der Waals surface area contributed by atoms with Crippen LogP contribution in [0.3, 0.4) is 0 Å². The minimum Gasteiger partial charge on any atom is -0.384 e. The summed E-state index contributed by atoms with van der Waals surface area (Å²) in [5, 5.41) is 11.0. The van der Waals surface area contributed by atoms with Crippen LogP contribution in [-0.4, -0.2) is 46.8 Å². The van der Waals surface area contributed by atoms with Crippen molar-refractivity contribution in [3.05, 3.63) is 28.9 Å². The van der Waals surface area contributed by atoms with E-state index in [1.165, 1.54) is 0 Å². The average Bonchev–Trinajstić information content (AvgIpc) is 2.77. The van der Waals surface area contributed by atoms with Gasteiger partial charge in [0.1, 0.15) is 0 Å². The van der Waals surface area contributed by atoms with Gasteiger partial charge in [-0.3, -0.25) is 4.68 Å². The summed E-state index contributed by atoms with van der Waals surface area (Å²) >= 11 is 6.21. The van der Waals surface area contributed by atoms with Gasteiger partial charge in [0.05, 0.1) is 22.3 Å². The highest BCUT2D eigenvalue weighted by Crippen LogP contribution is 2.34. The van der Waals surface area contributed by atoms with Gasteiger partial charge < -0.3 is 10.2 Å². The molecule has 2 heterocycles. The first-order valence-corrected chi connectivity index (χ1v) is 8.16. The number of hydrogen-bond acceptors (Lipinski definition) is 4. The van der Waals surface area contributed by atoms with Crippen LogP contribution >= 0.6 is 11.6 Å². The molecule has 3 aromatic rings. The van der Waals surface area contributed by atoms with Crippen molar-refractivity contribution in [2.45, 2.75) is 13.3 Å². The molecule has 23 heavy (non-hydrogen) atoms. The van der Waals surface area contributed by atoms with Gasteiger partial charge in [0.15, 0.2) is 5.65 Å². The maximum absolute atomic E-state index is 6.21. The molecule has 0 radical (unpaired) electrons. The number of benzene rings is 1. The highest BCUT2D eigenvalue weighted by Gasteiger charge is 2.15. The van der Waals surface area contributed by atoms with Gasteiger partial charge in [-0.2, -0.15) is 5.10 Å². The molecular formula is C17H22ClN5. The highest BCUT2D eigenvalue weighted by molar-refractivity contribution is 6.31. The number of pyridine rings is 1. The molecule has 122 valence electrons. The van der Waals surface area contributed by atoms with Crippen molar-refractivity contribution in [3.63, 3.8) is 0 Å². The molecule has 0 aliphatic carbocycles. The van der Waals surface area contributed by atoms with E-state index in [4.69, 9.17) is 16.6 Å². The summed E-state index contributed by atoms with van der Waals surface area (Å²) in [7, 11) is 6.11. The van der Waals surface area contributed by atoms with Gasteiger partial charge in [-0.05, 0) is 52.2 Å². The van der Waals surface area contributed by atoms with E-state index in [1.54, 1.807) is 0 Å². The van der Waals surface area contributed by atoms with Crippen LogP contribution in [0.15, 0.2) is 18.2 Å². The monoisotopic (exact) mass is 331 g/mol. The molecule has 0 aliphatic rings. The van der Waals surface area contributed by atoms with Crippen molar-refractivity contribution in [1.82, 2.24) is 19.7 Å². The second kappa shape index (κ2) is 6.34. The SMILES string of the molecule is Cc1nn(C)c2nc3ccc(Cl)cc3c(NCCCN(C)C)c12. The number of aryl methyl sites for hydroxylation is 2. The van der Waals surface area contributed by atoms with Crippen LogP contribution in [-0.2, 0) is 7.05 Å². The van der Waals surface area contributed by atoms with Crippen LogP contribution in [0.5, 0.6) is 0 Å². The molecule has 0 spiro atoms. The molecule has 0 unspecified atom stereocenters. The lowest BCUT2D eigenvalue weighted by molar-refractivity contribution is 0.405. The number of halogens is 1. The summed E-state index contributed by atoms with van der Waals surface area (Å²) in [6.07, 6.45) is 1.07. The summed E-state index contributed by atoms with van der Waals surface area (Å²) in [6, 6.07) is 5.82. The molecule has 0 aliphatic heterocycles. The predicted molar refractivity (Wildman–Crippen MR) is 97.4 cm³/mol. The Balaban J connectivity index is 2.10. The summed E-state index contributed by atoms with van der Waals surface area (Å²) in [5.41, 5.74) is 3.89. The minimum absolute atomic E-state index is 0.719. The summed E-state index contributed by atoms with van der Waals surface area (Å²) < 4.78 is 1.84. The first-order valence-electron chi connectivity index (χ1n) is 7.78. The Morgan fingerprint density at radius 2 is 2.09 bits per heavy atom. The van der Waals surface area contributed by atoms with E-state index in [1.807, 2.05) is 36.9 Å². The molecule has 1 aromatic carbocycles. The van der Waals surface area contributed by atoms with Crippen LogP contribution in [0.25, 0.3) is 21.9 Å². The molecule has 0 amide bonds. The second-order valence-electron chi connectivity index (χ2n) is 6.14. The summed E-state index contributed by atoms with van der Waals surface area (Å²) in [4.78, 5) is 6.94. The maximum atomic E-state index is 6.21. The minimum atomic E-state index is 0.719. The van der Waals surface area contributed by atoms with Gasteiger partial charge in [-0.25, -0.2) is 4.98 Å². The molecule has 0 atom stereocenters. The van der Waals surface area contributed by atoms with E-state index in [9.17, 15) is 0 Å². The topological polar surface area (TPSA) is 46.0 Å². The third-order valence-corrected chi connectivity index (χ3v) is 4.22. The van der Waals surface area contributed by atoms with E-state index in [0.29, 0.717) is 0 Å². The van der Waals surface area contributed by atoms with Crippen molar-refractivity contribution in [3.8, 4) is 0 Å². The standard InChI is InChI=1S/C17H22ClN5/c1-11-15-16(19-8-5-9-22(2)3)13-10-12(18)6-7-14(13)20-17(15)23(4)21-11/h6-7,10H,5,8-9H2,1-4H3,(H,19,20). The number of aromatic nitrogens is 3. The Hall–Kier alpha value is -1.85. The second-order valence-corrected chi connectivity index (χ2v) is 6.58. The van der Waals surface area contributed by atoms with Gasteiger partial charge in [-0.1, -0.05) is 11.6 Å². The highest BCUT2D eigenvalue weighted by atomic mass is 35.5. The number of fused-ring (bicyclic) bond motifs is 2. The normalized spacial score (nSPS) is 11.7. The molecule has 0 saturated heterocycles. The third kappa shape index (κ3) is 3.12. The van der Waals surface area contributed by atoms with E-state index in [-0.39, 0.29) is 0 Å². The zero-order chi connectivity index (χ0) is 16.6. The predicted octanol–water partition coefficient (Wildman–Crippen LogP) is 3.45. The smallest absolute Gasteiger partial charge is 0.160 e. The molecule has 0 bridgehead atoms. The molecule has 5 nitrogen and oxygen atoms in total. The van der Waals surface area contributed by atoms with E-state index < -0.39 is 0 Å². The summed E-state index contributed by atoms with van der Waals surface area (Å²) in [5.74, 6) is 0. The van der Waals surface area contributed by atoms with Crippen molar-refractivity contribution >= 4 is 39.2 Å². The van der Waals surface area contributed by atoms with Gasteiger partial charge in [-0.15, -0.1) is 0 Å². The van der Waals surface area contributed by atoms with Crippen molar-refractivity contribution in [1.29, 1.82) is 0 Å². The van der Waals surface area contributed by atoms with Crippen LogP contribution in [0.1, 0.15) is 12.1 Å². The van der Waals surface area contributed by atoms with Gasteiger partial charge in [0, 0.05) is 24.0 Å². The van der Waals surface area contributed by atoms with Crippen molar-refractivity contribution in [2.75, 3.05) is 32.5 Å². The Morgan fingerprint density at radius 1 is 1.30 bits per heavy atom. The molecule has 0 saturated carbocycles. The molecule has 6 heteroatoms. The van der Waals surface area contributed by atoms with Crippen molar-refractivity contribution in [2.24, 2.45) is 7.05 Å². The zero-order valence-corrected chi connectivity index (χ0v) is 14.8.